The summed E-state index contributed by atoms with van der Waals surface area (Å²) in [4.78, 5) is 4.39. The smallest absolute Gasteiger partial charge is 0.189 e. The van der Waals surface area contributed by atoms with Gasteiger partial charge in [0.15, 0.2) is 5.96 Å². The molecule has 3 rings (SSSR count). The van der Waals surface area contributed by atoms with Gasteiger partial charge in [-0.15, -0.1) is 0 Å². The molecule has 3 nitrogen and oxygen atoms in total. The average molecular weight is 265 g/mol. The number of nitrogens with two attached hydrogens (primary N) is 1. The molecule has 0 aliphatic carbocycles. The lowest BCUT2D eigenvalue weighted by Gasteiger charge is -2.32. The summed E-state index contributed by atoms with van der Waals surface area (Å²) in [6.07, 6.45) is 0. The van der Waals surface area contributed by atoms with E-state index in [9.17, 15) is 0 Å². The Balaban J connectivity index is 2.17. The monoisotopic (exact) mass is 265 g/mol. The van der Waals surface area contributed by atoms with Crippen LogP contribution in [0.5, 0.6) is 0 Å². The number of guanidine groups is 1. The summed E-state index contributed by atoms with van der Waals surface area (Å²) in [5.41, 5.74) is 10.5. The van der Waals surface area contributed by atoms with Crippen LogP contribution in [0, 0.1) is 13.8 Å². The standard InChI is InChI=1S/C17H19N3/c1-12-8-9-15(13(2)10-12)17(11-19-16(18)20-17)14-6-4-3-5-7-14/h3-10H,11H2,1-2H3,(H3,18,19,20). The van der Waals surface area contributed by atoms with E-state index in [2.05, 4.69) is 66.6 Å². The Hall–Kier alpha value is -2.29. The molecule has 2 aromatic rings. The molecule has 1 heterocycles. The third-order valence-corrected chi connectivity index (χ3v) is 3.94. The normalized spacial score (nSPS) is 21.4. The van der Waals surface area contributed by atoms with E-state index < -0.39 is 0 Å². The Morgan fingerprint density at radius 2 is 1.85 bits per heavy atom. The van der Waals surface area contributed by atoms with Crippen LogP contribution in [0.1, 0.15) is 22.3 Å². The largest absolute Gasteiger partial charge is 0.370 e. The first-order valence-corrected chi connectivity index (χ1v) is 6.83. The van der Waals surface area contributed by atoms with Gasteiger partial charge in [0.1, 0.15) is 5.54 Å². The molecule has 1 unspecified atom stereocenters. The third-order valence-electron chi connectivity index (χ3n) is 3.94. The van der Waals surface area contributed by atoms with E-state index in [0.717, 1.165) is 0 Å². The maximum atomic E-state index is 5.90. The molecule has 102 valence electrons. The zero-order valence-electron chi connectivity index (χ0n) is 11.9. The Morgan fingerprint density at radius 1 is 1.10 bits per heavy atom. The number of rotatable bonds is 2. The Bertz CT molecular complexity index is 661. The zero-order valence-corrected chi connectivity index (χ0v) is 11.9. The molecule has 3 heteroatoms. The van der Waals surface area contributed by atoms with Crippen LogP contribution in [0.25, 0.3) is 0 Å². The molecule has 0 radical (unpaired) electrons. The van der Waals surface area contributed by atoms with Crippen molar-refractivity contribution in [3.05, 3.63) is 70.8 Å². The lowest BCUT2D eigenvalue weighted by molar-refractivity contribution is 0.520. The third kappa shape index (κ3) is 1.95. The van der Waals surface area contributed by atoms with Crippen molar-refractivity contribution < 1.29 is 0 Å². The van der Waals surface area contributed by atoms with Gasteiger partial charge in [-0.3, -0.25) is 4.99 Å². The number of hydrogen-bond donors (Lipinski definition) is 2. The second-order valence-corrected chi connectivity index (χ2v) is 5.42. The molecule has 0 fully saturated rings. The highest BCUT2D eigenvalue weighted by atomic mass is 15.2. The summed E-state index contributed by atoms with van der Waals surface area (Å²) < 4.78 is 0. The van der Waals surface area contributed by atoms with Crippen LogP contribution in [-0.2, 0) is 5.54 Å². The predicted octanol–water partition coefficient (Wildman–Crippen LogP) is 2.46. The van der Waals surface area contributed by atoms with Crippen LogP contribution < -0.4 is 11.1 Å². The van der Waals surface area contributed by atoms with Crippen LogP contribution in [0.15, 0.2) is 53.5 Å². The van der Waals surface area contributed by atoms with Crippen molar-refractivity contribution in [2.45, 2.75) is 19.4 Å². The number of hydrogen-bond acceptors (Lipinski definition) is 3. The summed E-state index contributed by atoms with van der Waals surface area (Å²) in [7, 11) is 0. The van der Waals surface area contributed by atoms with Gasteiger partial charge in [-0.25, -0.2) is 0 Å². The van der Waals surface area contributed by atoms with Crippen molar-refractivity contribution in [1.29, 1.82) is 0 Å². The molecule has 0 saturated carbocycles. The Labute approximate surface area is 119 Å². The van der Waals surface area contributed by atoms with Crippen LogP contribution in [0.3, 0.4) is 0 Å². The molecule has 0 bridgehead atoms. The molecule has 3 N–H and O–H groups in total. The summed E-state index contributed by atoms with van der Waals surface area (Å²) >= 11 is 0. The second kappa shape index (κ2) is 4.67. The van der Waals surface area contributed by atoms with Crippen molar-refractivity contribution in [2.24, 2.45) is 10.7 Å². The molecular formula is C17H19N3. The number of benzene rings is 2. The molecule has 1 aliphatic heterocycles. The lowest BCUT2D eigenvalue weighted by atomic mass is 9.81. The fourth-order valence-electron chi connectivity index (χ4n) is 2.99. The number of aryl methyl sites for hydroxylation is 2. The van der Waals surface area contributed by atoms with Crippen molar-refractivity contribution in [3.8, 4) is 0 Å². The van der Waals surface area contributed by atoms with E-state index in [0.29, 0.717) is 12.5 Å². The van der Waals surface area contributed by atoms with E-state index in [4.69, 9.17) is 5.73 Å². The van der Waals surface area contributed by atoms with Crippen molar-refractivity contribution in [3.63, 3.8) is 0 Å². The van der Waals surface area contributed by atoms with Gasteiger partial charge in [-0.1, -0.05) is 54.1 Å². The highest BCUT2D eigenvalue weighted by molar-refractivity contribution is 5.82. The molecule has 0 aromatic heterocycles. The summed E-state index contributed by atoms with van der Waals surface area (Å²) in [5, 5.41) is 3.39. The maximum absolute atomic E-state index is 5.90. The van der Waals surface area contributed by atoms with Gasteiger partial charge in [0.2, 0.25) is 0 Å². The minimum absolute atomic E-state index is 0.344. The first-order valence-electron chi connectivity index (χ1n) is 6.83. The Morgan fingerprint density at radius 3 is 2.45 bits per heavy atom. The van der Waals surface area contributed by atoms with E-state index in [-0.39, 0.29) is 5.54 Å². The first-order chi connectivity index (χ1) is 9.62. The Kier molecular flexibility index (Phi) is 2.97. The predicted molar refractivity (Wildman–Crippen MR) is 82.8 cm³/mol. The molecule has 0 spiro atoms. The zero-order chi connectivity index (χ0) is 14.2. The fraction of sp³-hybridized carbons (Fsp3) is 0.235. The maximum Gasteiger partial charge on any atom is 0.189 e. The van der Waals surface area contributed by atoms with Crippen molar-refractivity contribution >= 4 is 5.96 Å². The summed E-state index contributed by atoms with van der Waals surface area (Å²) in [5.74, 6) is 0.508. The van der Waals surface area contributed by atoms with Gasteiger partial charge in [0.25, 0.3) is 0 Å². The minimum atomic E-state index is -0.344. The molecule has 1 aliphatic rings. The van der Waals surface area contributed by atoms with Gasteiger partial charge >= 0.3 is 0 Å². The SMILES string of the molecule is Cc1ccc(C2(c3ccccc3)CN=C(N)N2)c(C)c1. The van der Waals surface area contributed by atoms with Crippen LogP contribution in [-0.4, -0.2) is 12.5 Å². The molecule has 20 heavy (non-hydrogen) atoms. The quantitative estimate of drug-likeness (QED) is 0.876. The fourth-order valence-corrected chi connectivity index (χ4v) is 2.99. The van der Waals surface area contributed by atoms with E-state index in [1.807, 2.05) is 6.07 Å². The van der Waals surface area contributed by atoms with E-state index in [1.165, 1.54) is 22.3 Å². The highest BCUT2D eigenvalue weighted by Crippen LogP contribution is 2.34. The van der Waals surface area contributed by atoms with Gasteiger partial charge in [0.05, 0.1) is 6.54 Å². The lowest BCUT2D eigenvalue weighted by Crippen LogP contribution is -2.46. The minimum Gasteiger partial charge on any atom is -0.370 e. The average Bonchev–Trinajstić information content (AvgIpc) is 2.83. The number of nitrogens with one attached hydrogen (secondary N) is 1. The molecule has 2 aromatic carbocycles. The molecule has 0 saturated heterocycles. The topological polar surface area (TPSA) is 50.4 Å². The van der Waals surface area contributed by atoms with Crippen molar-refractivity contribution in [2.75, 3.05) is 6.54 Å². The van der Waals surface area contributed by atoms with Crippen LogP contribution >= 0.6 is 0 Å². The van der Waals surface area contributed by atoms with Crippen molar-refractivity contribution in [1.82, 2.24) is 5.32 Å². The second-order valence-electron chi connectivity index (χ2n) is 5.42. The number of nitrogens with zero attached hydrogens (tertiary/aromatic N) is 1. The van der Waals surface area contributed by atoms with Crippen LogP contribution in [0.2, 0.25) is 0 Å². The first kappa shape index (κ1) is 12.7. The van der Waals surface area contributed by atoms with Gasteiger partial charge in [-0.2, -0.15) is 0 Å². The van der Waals surface area contributed by atoms with Crippen LogP contribution in [0.4, 0.5) is 0 Å². The summed E-state index contributed by atoms with van der Waals surface area (Å²) in [6, 6.07) is 16.9. The highest BCUT2D eigenvalue weighted by Gasteiger charge is 2.39. The van der Waals surface area contributed by atoms with E-state index in [1.54, 1.807) is 0 Å². The molecular weight excluding hydrogens is 246 g/mol. The van der Waals surface area contributed by atoms with E-state index >= 15 is 0 Å². The molecule has 1 atom stereocenters. The van der Waals surface area contributed by atoms with Gasteiger partial charge in [0, 0.05) is 0 Å². The molecule has 0 amide bonds. The van der Waals surface area contributed by atoms with Gasteiger partial charge in [-0.05, 0) is 30.5 Å². The number of aliphatic imine (C=N–C) groups is 1. The summed E-state index contributed by atoms with van der Waals surface area (Å²) in [6.45, 7) is 4.88. The van der Waals surface area contributed by atoms with Gasteiger partial charge < -0.3 is 11.1 Å².